The lowest BCUT2D eigenvalue weighted by Gasteiger charge is -2.30. The van der Waals surface area contributed by atoms with Crippen molar-refractivity contribution < 1.29 is 9.32 Å². The van der Waals surface area contributed by atoms with Crippen molar-refractivity contribution in [3.63, 3.8) is 0 Å². The van der Waals surface area contributed by atoms with Gasteiger partial charge in [0.15, 0.2) is 0 Å². The number of amides is 1. The average molecular weight is 397 g/mol. The number of nitrogens with zero attached hydrogens (tertiary/aromatic N) is 3. The Kier molecular flexibility index (Phi) is 5.83. The fourth-order valence-electron chi connectivity index (χ4n) is 3.54. The molecule has 1 atom stereocenters. The van der Waals surface area contributed by atoms with Gasteiger partial charge in [0, 0.05) is 18.7 Å². The maximum Gasteiger partial charge on any atom is 0.251 e. The number of carbonyl (C=O) groups is 1. The first-order valence-corrected chi connectivity index (χ1v) is 10.5. The lowest BCUT2D eigenvalue weighted by Crippen LogP contribution is -2.33. The van der Waals surface area contributed by atoms with Crippen LogP contribution in [0, 0.1) is 5.92 Å². The summed E-state index contributed by atoms with van der Waals surface area (Å²) >= 11 is 1.55. The van der Waals surface area contributed by atoms with Gasteiger partial charge in [0.05, 0.1) is 11.4 Å². The second-order valence-electron chi connectivity index (χ2n) is 7.35. The molecule has 1 fully saturated rings. The van der Waals surface area contributed by atoms with E-state index in [1.54, 1.807) is 11.3 Å². The van der Waals surface area contributed by atoms with Gasteiger partial charge in [-0.05, 0) is 54.4 Å². The third kappa shape index (κ3) is 4.66. The number of thiophene rings is 1. The van der Waals surface area contributed by atoms with Crippen molar-refractivity contribution in [1.82, 2.24) is 20.4 Å². The molecule has 1 unspecified atom stereocenters. The lowest BCUT2D eigenvalue weighted by atomic mass is 9.99. The van der Waals surface area contributed by atoms with Gasteiger partial charge >= 0.3 is 0 Å². The van der Waals surface area contributed by atoms with Crippen molar-refractivity contribution in [2.45, 2.75) is 32.9 Å². The first kappa shape index (κ1) is 18.8. The summed E-state index contributed by atoms with van der Waals surface area (Å²) in [5.74, 6) is 1.57. The number of nitrogens with one attached hydrogen (secondary N) is 1. The summed E-state index contributed by atoms with van der Waals surface area (Å²) in [5, 5.41) is 8.75. The van der Waals surface area contributed by atoms with Gasteiger partial charge in [-0.1, -0.05) is 30.3 Å². The highest BCUT2D eigenvalue weighted by atomic mass is 32.1. The average Bonchev–Trinajstić information content (AvgIpc) is 3.38. The number of hydrogen-bond donors (Lipinski definition) is 1. The van der Waals surface area contributed by atoms with Crippen LogP contribution in [0.1, 0.15) is 41.6 Å². The quantitative estimate of drug-likeness (QED) is 0.683. The molecule has 0 radical (unpaired) electrons. The summed E-state index contributed by atoms with van der Waals surface area (Å²) in [6.45, 7) is 5.78. The fraction of sp³-hybridized carbons (Fsp3) is 0.381. The number of hydrogen-bond acceptors (Lipinski definition) is 6. The monoisotopic (exact) mass is 396 g/mol. The Morgan fingerprint density at radius 2 is 2.18 bits per heavy atom. The van der Waals surface area contributed by atoms with Crippen molar-refractivity contribution in [3.05, 3.63) is 58.8 Å². The summed E-state index contributed by atoms with van der Waals surface area (Å²) in [6, 6.07) is 11.7. The van der Waals surface area contributed by atoms with Gasteiger partial charge in [0.25, 0.3) is 5.91 Å². The van der Waals surface area contributed by atoms with E-state index >= 15 is 0 Å². The Bertz CT molecular complexity index is 905. The highest BCUT2D eigenvalue weighted by molar-refractivity contribution is 7.13. The number of piperidine rings is 1. The molecule has 28 heavy (non-hydrogen) atoms. The molecule has 3 aromatic rings. The van der Waals surface area contributed by atoms with E-state index in [1.165, 1.54) is 18.4 Å². The number of carbonyl (C=O) groups excluding carboxylic acids is 1. The predicted octanol–water partition coefficient (Wildman–Crippen LogP) is 3.96. The molecular weight excluding hydrogens is 372 g/mol. The lowest BCUT2D eigenvalue weighted by molar-refractivity contribution is 0.0946. The minimum Gasteiger partial charge on any atom is -0.343 e. The first-order chi connectivity index (χ1) is 13.7. The van der Waals surface area contributed by atoms with Crippen LogP contribution in [-0.4, -0.2) is 34.0 Å². The van der Waals surface area contributed by atoms with E-state index in [2.05, 4.69) is 27.3 Å². The molecule has 2 aromatic heterocycles. The Balaban J connectivity index is 1.30. The molecular formula is C21H24N4O2S. The Morgan fingerprint density at radius 3 is 2.93 bits per heavy atom. The van der Waals surface area contributed by atoms with Gasteiger partial charge in [0.2, 0.25) is 11.7 Å². The Hall–Kier alpha value is -2.51. The molecule has 7 heteroatoms. The van der Waals surface area contributed by atoms with Crippen LogP contribution in [0.3, 0.4) is 0 Å². The predicted molar refractivity (Wildman–Crippen MR) is 109 cm³/mol. The van der Waals surface area contributed by atoms with Crippen molar-refractivity contribution in [2.75, 3.05) is 13.1 Å². The molecule has 1 aliphatic heterocycles. The highest BCUT2D eigenvalue weighted by Crippen LogP contribution is 2.21. The summed E-state index contributed by atoms with van der Waals surface area (Å²) in [4.78, 5) is 20.1. The smallest absolute Gasteiger partial charge is 0.251 e. The fourth-order valence-corrected chi connectivity index (χ4v) is 4.19. The number of likely N-dealkylation sites (tertiary alicyclic amines) is 1. The molecule has 1 amide bonds. The molecule has 1 aromatic carbocycles. The summed E-state index contributed by atoms with van der Waals surface area (Å²) < 4.78 is 5.21. The zero-order valence-electron chi connectivity index (χ0n) is 15.9. The molecule has 0 saturated carbocycles. The summed E-state index contributed by atoms with van der Waals surface area (Å²) in [6.07, 6.45) is 2.59. The van der Waals surface area contributed by atoms with E-state index < -0.39 is 0 Å². The van der Waals surface area contributed by atoms with Crippen LogP contribution < -0.4 is 5.32 Å². The van der Waals surface area contributed by atoms with Gasteiger partial charge < -0.3 is 9.84 Å². The van der Waals surface area contributed by atoms with E-state index in [0.29, 0.717) is 17.3 Å². The summed E-state index contributed by atoms with van der Waals surface area (Å²) in [5.41, 5.74) is 1.87. The van der Waals surface area contributed by atoms with Crippen LogP contribution in [0.25, 0.3) is 10.7 Å². The van der Waals surface area contributed by atoms with Gasteiger partial charge in [0.1, 0.15) is 0 Å². The normalized spacial score (nSPS) is 17.5. The van der Waals surface area contributed by atoms with Gasteiger partial charge in [-0.2, -0.15) is 4.98 Å². The zero-order valence-corrected chi connectivity index (χ0v) is 16.7. The largest absolute Gasteiger partial charge is 0.343 e. The number of rotatable bonds is 6. The standard InChI is InChI=1S/C21H24N4O2S/c1-15-4-2-10-25(13-15)14-16-6-8-17(9-7-16)21(26)22-12-19-23-20(24-27-19)18-5-3-11-28-18/h3,5-9,11,15H,2,4,10,12-14H2,1H3,(H,22,26). The molecule has 4 rings (SSSR count). The van der Waals surface area contributed by atoms with Crippen molar-refractivity contribution >= 4 is 17.2 Å². The number of aromatic nitrogens is 2. The summed E-state index contributed by atoms with van der Waals surface area (Å²) in [7, 11) is 0. The van der Waals surface area contributed by atoms with E-state index in [4.69, 9.17) is 4.52 Å². The maximum absolute atomic E-state index is 12.4. The van der Waals surface area contributed by atoms with Crippen molar-refractivity contribution in [3.8, 4) is 10.7 Å². The molecule has 6 nitrogen and oxygen atoms in total. The van der Waals surface area contributed by atoms with Gasteiger partial charge in [-0.25, -0.2) is 0 Å². The van der Waals surface area contributed by atoms with E-state index in [0.717, 1.165) is 30.4 Å². The van der Waals surface area contributed by atoms with Crippen LogP contribution >= 0.6 is 11.3 Å². The van der Waals surface area contributed by atoms with Crippen LogP contribution in [0.5, 0.6) is 0 Å². The second-order valence-corrected chi connectivity index (χ2v) is 8.30. The topological polar surface area (TPSA) is 71.3 Å². The number of benzene rings is 1. The van der Waals surface area contributed by atoms with Crippen molar-refractivity contribution in [1.29, 1.82) is 0 Å². The highest BCUT2D eigenvalue weighted by Gasteiger charge is 2.16. The molecule has 1 N–H and O–H groups in total. The molecule has 0 bridgehead atoms. The molecule has 3 heterocycles. The zero-order chi connectivity index (χ0) is 19.3. The van der Waals surface area contributed by atoms with E-state index in [1.807, 2.05) is 41.8 Å². The SMILES string of the molecule is CC1CCCN(Cc2ccc(C(=O)NCc3nc(-c4cccs4)no3)cc2)C1. The van der Waals surface area contributed by atoms with E-state index in [-0.39, 0.29) is 12.5 Å². The molecule has 146 valence electrons. The molecule has 1 saturated heterocycles. The minimum absolute atomic E-state index is 0.144. The minimum atomic E-state index is -0.144. The Morgan fingerprint density at radius 1 is 1.32 bits per heavy atom. The third-order valence-corrected chi connectivity index (χ3v) is 5.84. The maximum atomic E-state index is 12.4. The van der Waals surface area contributed by atoms with Gasteiger partial charge in [-0.3, -0.25) is 9.69 Å². The van der Waals surface area contributed by atoms with Crippen LogP contribution in [-0.2, 0) is 13.1 Å². The third-order valence-electron chi connectivity index (χ3n) is 4.97. The molecule has 0 aliphatic carbocycles. The van der Waals surface area contributed by atoms with Crippen LogP contribution in [0.2, 0.25) is 0 Å². The van der Waals surface area contributed by atoms with Crippen LogP contribution in [0.4, 0.5) is 0 Å². The Labute approximate surface area is 168 Å². The second kappa shape index (κ2) is 8.67. The first-order valence-electron chi connectivity index (χ1n) is 9.63. The van der Waals surface area contributed by atoms with Crippen LogP contribution in [0.15, 0.2) is 46.3 Å². The van der Waals surface area contributed by atoms with E-state index in [9.17, 15) is 4.79 Å². The molecule has 1 aliphatic rings. The molecule has 0 spiro atoms. The van der Waals surface area contributed by atoms with Crippen molar-refractivity contribution in [2.24, 2.45) is 5.92 Å². The van der Waals surface area contributed by atoms with Gasteiger partial charge in [-0.15, -0.1) is 11.3 Å².